The predicted octanol–water partition coefficient (Wildman–Crippen LogP) is 2.15. The van der Waals surface area contributed by atoms with E-state index in [-0.39, 0.29) is 11.9 Å². The minimum atomic E-state index is 0.0100. The van der Waals surface area contributed by atoms with Crippen LogP contribution in [0.4, 0.5) is 5.69 Å². The molecule has 1 unspecified atom stereocenters. The third kappa shape index (κ3) is 6.80. The van der Waals surface area contributed by atoms with Crippen LogP contribution in [0, 0.1) is 0 Å². The van der Waals surface area contributed by atoms with Gasteiger partial charge in [-0.1, -0.05) is 30.3 Å². The molecule has 8 heteroatoms. The van der Waals surface area contributed by atoms with Gasteiger partial charge in [0, 0.05) is 69.6 Å². The zero-order valence-corrected chi connectivity index (χ0v) is 19.1. The summed E-state index contributed by atoms with van der Waals surface area (Å²) in [6.45, 7) is 2.82. The first-order valence-electron chi connectivity index (χ1n) is 10.9. The number of aliphatic imine (C=N–C) groups is 1. The number of anilines is 1. The van der Waals surface area contributed by atoms with Gasteiger partial charge in [-0.2, -0.15) is 0 Å². The average molecular weight is 440 g/mol. The van der Waals surface area contributed by atoms with Gasteiger partial charge in [-0.3, -0.25) is 9.79 Å². The summed E-state index contributed by atoms with van der Waals surface area (Å²) in [6, 6.07) is 16.1. The number of nitrogens with zero attached hydrogens (tertiary/aromatic N) is 2. The molecule has 1 fully saturated rings. The van der Waals surface area contributed by atoms with E-state index in [1.54, 1.807) is 21.3 Å². The first-order valence-corrected chi connectivity index (χ1v) is 10.9. The fraction of sp³-hybridized carbons (Fsp3) is 0.417. The smallest absolute Gasteiger partial charge is 0.222 e. The van der Waals surface area contributed by atoms with Crippen LogP contribution in [0.25, 0.3) is 0 Å². The van der Waals surface area contributed by atoms with Gasteiger partial charge in [0.15, 0.2) is 5.96 Å². The van der Waals surface area contributed by atoms with E-state index in [9.17, 15) is 4.79 Å². The van der Waals surface area contributed by atoms with Gasteiger partial charge in [0.05, 0.1) is 14.2 Å². The largest absolute Gasteiger partial charge is 0.497 e. The lowest BCUT2D eigenvalue weighted by molar-refractivity contribution is -0.121. The standard InChI is InChI=1S/C24H33N5O3/c1-25-24(26-11-9-23(30)27-16-18-7-5-4-6-8-18)28-19-10-12-29(17-19)20-13-21(31-2)15-22(14-20)32-3/h4-8,13-15,19H,9-12,16-17H2,1-3H3,(H,27,30)(H2,25,26,28). The maximum absolute atomic E-state index is 12.1. The molecule has 0 aliphatic carbocycles. The summed E-state index contributed by atoms with van der Waals surface area (Å²) in [6.07, 6.45) is 1.37. The molecule has 1 saturated heterocycles. The molecule has 3 N–H and O–H groups in total. The topological polar surface area (TPSA) is 87.2 Å². The van der Waals surface area contributed by atoms with Crippen molar-refractivity contribution in [3.63, 3.8) is 0 Å². The highest BCUT2D eigenvalue weighted by Crippen LogP contribution is 2.30. The number of hydrogen-bond acceptors (Lipinski definition) is 5. The molecule has 0 saturated carbocycles. The fourth-order valence-electron chi connectivity index (χ4n) is 3.65. The number of methoxy groups -OCH3 is 2. The number of amides is 1. The van der Waals surface area contributed by atoms with Crippen LogP contribution in [0.5, 0.6) is 11.5 Å². The Kier molecular flexibility index (Phi) is 8.60. The van der Waals surface area contributed by atoms with Crippen molar-refractivity contribution in [2.45, 2.75) is 25.4 Å². The fourth-order valence-corrected chi connectivity index (χ4v) is 3.65. The minimum Gasteiger partial charge on any atom is -0.497 e. The van der Waals surface area contributed by atoms with Gasteiger partial charge in [0.1, 0.15) is 11.5 Å². The lowest BCUT2D eigenvalue weighted by Crippen LogP contribution is -2.45. The molecule has 172 valence electrons. The molecule has 1 heterocycles. The first kappa shape index (κ1) is 23.2. The van der Waals surface area contributed by atoms with Crippen molar-refractivity contribution in [1.29, 1.82) is 0 Å². The molecule has 1 aliphatic rings. The van der Waals surface area contributed by atoms with Crippen molar-refractivity contribution in [2.24, 2.45) is 4.99 Å². The molecule has 1 atom stereocenters. The quantitative estimate of drug-likeness (QED) is 0.410. The van der Waals surface area contributed by atoms with Crippen LogP contribution in [-0.2, 0) is 11.3 Å². The number of ether oxygens (including phenoxy) is 2. The van der Waals surface area contributed by atoms with E-state index < -0.39 is 0 Å². The highest BCUT2D eigenvalue weighted by Gasteiger charge is 2.24. The summed E-state index contributed by atoms with van der Waals surface area (Å²) in [5.41, 5.74) is 2.16. The molecular formula is C24H33N5O3. The van der Waals surface area contributed by atoms with Crippen LogP contribution in [0.1, 0.15) is 18.4 Å². The zero-order valence-electron chi connectivity index (χ0n) is 19.1. The third-order valence-electron chi connectivity index (χ3n) is 5.43. The highest BCUT2D eigenvalue weighted by molar-refractivity contribution is 5.81. The number of rotatable bonds is 9. The van der Waals surface area contributed by atoms with Crippen LogP contribution in [-0.4, -0.2) is 58.8 Å². The predicted molar refractivity (Wildman–Crippen MR) is 128 cm³/mol. The Morgan fingerprint density at radius 2 is 1.81 bits per heavy atom. The summed E-state index contributed by atoms with van der Waals surface area (Å²) in [4.78, 5) is 18.7. The summed E-state index contributed by atoms with van der Waals surface area (Å²) < 4.78 is 10.8. The normalized spacial score (nSPS) is 15.9. The molecule has 8 nitrogen and oxygen atoms in total. The number of carbonyl (C=O) groups excluding carboxylic acids is 1. The van der Waals surface area contributed by atoms with Crippen LogP contribution < -0.4 is 30.3 Å². The number of nitrogens with one attached hydrogen (secondary N) is 3. The SMILES string of the molecule is CN=C(NCCC(=O)NCc1ccccc1)NC1CCN(c2cc(OC)cc(OC)c2)C1. The third-order valence-corrected chi connectivity index (χ3v) is 5.43. The molecule has 0 radical (unpaired) electrons. The van der Waals surface area contributed by atoms with Crippen LogP contribution in [0.2, 0.25) is 0 Å². The highest BCUT2D eigenvalue weighted by atomic mass is 16.5. The summed E-state index contributed by atoms with van der Waals surface area (Å²) >= 11 is 0. The molecule has 2 aromatic carbocycles. The number of hydrogen-bond donors (Lipinski definition) is 3. The maximum Gasteiger partial charge on any atom is 0.222 e. The molecular weight excluding hydrogens is 406 g/mol. The van der Waals surface area contributed by atoms with E-state index in [1.807, 2.05) is 48.5 Å². The summed E-state index contributed by atoms with van der Waals surface area (Å²) in [7, 11) is 5.05. The Balaban J connectivity index is 1.42. The molecule has 32 heavy (non-hydrogen) atoms. The Hall–Kier alpha value is -3.42. The van der Waals surface area contributed by atoms with Crippen LogP contribution in [0.15, 0.2) is 53.5 Å². The Morgan fingerprint density at radius 3 is 2.47 bits per heavy atom. The van der Waals surface area contributed by atoms with Gasteiger partial charge in [0.2, 0.25) is 5.91 Å². The second-order valence-corrected chi connectivity index (χ2v) is 7.66. The van der Waals surface area contributed by atoms with Gasteiger partial charge in [-0.05, 0) is 12.0 Å². The second kappa shape index (κ2) is 11.8. The minimum absolute atomic E-state index is 0.0100. The Labute approximate surface area is 190 Å². The molecule has 2 aromatic rings. The van der Waals surface area contributed by atoms with Crippen molar-refractivity contribution >= 4 is 17.6 Å². The van der Waals surface area contributed by atoms with Crippen LogP contribution in [0.3, 0.4) is 0 Å². The lowest BCUT2D eigenvalue weighted by atomic mass is 10.2. The molecule has 3 rings (SSSR count). The number of guanidine groups is 1. The molecule has 1 aliphatic heterocycles. The number of benzene rings is 2. The van der Waals surface area contributed by atoms with Crippen molar-refractivity contribution in [3.05, 3.63) is 54.1 Å². The zero-order chi connectivity index (χ0) is 22.8. The van der Waals surface area contributed by atoms with Gasteiger partial charge >= 0.3 is 0 Å². The average Bonchev–Trinajstić information content (AvgIpc) is 3.31. The van der Waals surface area contributed by atoms with Gasteiger partial charge < -0.3 is 30.3 Å². The molecule has 1 amide bonds. The van der Waals surface area contributed by atoms with E-state index in [4.69, 9.17) is 9.47 Å². The van der Waals surface area contributed by atoms with E-state index in [2.05, 4.69) is 25.8 Å². The van der Waals surface area contributed by atoms with E-state index >= 15 is 0 Å². The van der Waals surface area contributed by atoms with Gasteiger partial charge in [0.25, 0.3) is 0 Å². The van der Waals surface area contributed by atoms with Crippen LogP contribution >= 0.6 is 0 Å². The molecule has 0 aromatic heterocycles. The Morgan fingerprint density at radius 1 is 1.09 bits per heavy atom. The first-order chi connectivity index (χ1) is 15.6. The van der Waals surface area contributed by atoms with Gasteiger partial charge in [-0.15, -0.1) is 0 Å². The maximum atomic E-state index is 12.1. The van der Waals surface area contributed by atoms with Gasteiger partial charge in [-0.25, -0.2) is 0 Å². The Bertz CT molecular complexity index is 882. The van der Waals surface area contributed by atoms with Crippen molar-refractivity contribution < 1.29 is 14.3 Å². The van der Waals surface area contributed by atoms with E-state index in [0.717, 1.165) is 42.3 Å². The summed E-state index contributed by atoms with van der Waals surface area (Å²) in [5.74, 6) is 2.27. The summed E-state index contributed by atoms with van der Waals surface area (Å²) in [5, 5.41) is 9.63. The second-order valence-electron chi connectivity index (χ2n) is 7.66. The monoisotopic (exact) mass is 439 g/mol. The van der Waals surface area contributed by atoms with E-state index in [0.29, 0.717) is 25.5 Å². The van der Waals surface area contributed by atoms with Crippen molar-refractivity contribution in [3.8, 4) is 11.5 Å². The molecule has 0 spiro atoms. The van der Waals surface area contributed by atoms with Crippen molar-refractivity contribution in [1.82, 2.24) is 16.0 Å². The van der Waals surface area contributed by atoms with Crippen molar-refractivity contribution in [2.75, 3.05) is 45.8 Å². The lowest BCUT2D eigenvalue weighted by Gasteiger charge is -2.21. The molecule has 0 bridgehead atoms. The number of carbonyl (C=O) groups is 1. The van der Waals surface area contributed by atoms with E-state index in [1.165, 1.54) is 0 Å².